The van der Waals surface area contributed by atoms with Gasteiger partial charge in [0, 0.05) is 18.5 Å². The van der Waals surface area contributed by atoms with Crippen LogP contribution in [0.2, 0.25) is 0 Å². The fourth-order valence-electron chi connectivity index (χ4n) is 4.46. The molecule has 25 heavy (non-hydrogen) atoms. The molecule has 2 aliphatic carbocycles. The second kappa shape index (κ2) is 8.31. The van der Waals surface area contributed by atoms with Crippen LogP contribution < -0.4 is 10.5 Å². The average Bonchev–Trinajstić information content (AvgIpc) is 2.57. The molecule has 2 aliphatic rings. The summed E-state index contributed by atoms with van der Waals surface area (Å²) in [5, 5.41) is 0. The molecular weight excluding hydrogens is 317 g/mol. The second-order valence-corrected chi connectivity index (χ2v) is 7.69. The van der Waals surface area contributed by atoms with Crippen molar-refractivity contribution in [1.29, 1.82) is 0 Å². The minimum Gasteiger partial charge on any atom is -0.426 e. The quantitative estimate of drug-likeness (QED) is 0.470. The third-order valence-electron chi connectivity index (χ3n) is 5.88. The highest BCUT2D eigenvalue weighted by molar-refractivity contribution is 5.72. The Morgan fingerprint density at radius 1 is 1.24 bits per heavy atom. The van der Waals surface area contributed by atoms with Gasteiger partial charge in [-0.3, -0.25) is 4.79 Å². The summed E-state index contributed by atoms with van der Waals surface area (Å²) in [6.45, 7) is 2.09. The maximum absolute atomic E-state index is 14.7. The zero-order valence-electron chi connectivity index (χ0n) is 15.2. The summed E-state index contributed by atoms with van der Waals surface area (Å²) >= 11 is 0. The second-order valence-electron chi connectivity index (χ2n) is 7.69. The van der Waals surface area contributed by atoms with Crippen molar-refractivity contribution in [3.05, 3.63) is 29.1 Å². The fraction of sp³-hybridized carbons (Fsp3) is 0.667. The maximum Gasteiger partial charge on any atom is 0.311 e. The number of hydrogen-bond donors (Lipinski definition) is 1. The SMILES string of the molecule is CCCCCC(=O)Oc1cc(F)c2c(c1)C1CCCCCC(C2)C1N. The van der Waals surface area contributed by atoms with Crippen molar-refractivity contribution in [1.82, 2.24) is 0 Å². The van der Waals surface area contributed by atoms with Crippen molar-refractivity contribution in [3.8, 4) is 5.75 Å². The Kier molecular flexibility index (Phi) is 6.10. The predicted octanol–water partition coefficient (Wildman–Crippen LogP) is 4.86. The van der Waals surface area contributed by atoms with E-state index < -0.39 is 0 Å². The van der Waals surface area contributed by atoms with E-state index in [2.05, 4.69) is 6.92 Å². The Hall–Kier alpha value is -1.42. The van der Waals surface area contributed by atoms with Gasteiger partial charge in [0.15, 0.2) is 0 Å². The molecule has 1 saturated carbocycles. The standard InChI is InChI=1S/C21H30FNO2/c1-2-3-5-10-20(24)25-15-12-17-16-9-7-4-6-8-14(21(16)23)11-18(17)19(22)13-15/h12-14,16,21H,2-11,23H2,1H3. The monoisotopic (exact) mass is 347 g/mol. The highest BCUT2D eigenvalue weighted by Gasteiger charge is 2.36. The summed E-state index contributed by atoms with van der Waals surface area (Å²) in [4.78, 5) is 12.0. The Morgan fingerprint density at radius 2 is 2.04 bits per heavy atom. The van der Waals surface area contributed by atoms with Gasteiger partial charge < -0.3 is 10.5 Å². The molecule has 0 spiro atoms. The van der Waals surface area contributed by atoms with E-state index in [1.807, 2.05) is 6.07 Å². The number of rotatable bonds is 5. The minimum absolute atomic E-state index is 0.0858. The third kappa shape index (κ3) is 4.22. The first-order chi connectivity index (χ1) is 12.1. The highest BCUT2D eigenvalue weighted by atomic mass is 19.1. The summed E-state index contributed by atoms with van der Waals surface area (Å²) in [5.74, 6) is 0.377. The zero-order valence-corrected chi connectivity index (χ0v) is 15.2. The first kappa shape index (κ1) is 18.4. The molecule has 1 fully saturated rings. The van der Waals surface area contributed by atoms with E-state index in [0.29, 0.717) is 24.5 Å². The van der Waals surface area contributed by atoms with Gasteiger partial charge in [-0.15, -0.1) is 0 Å². The maximum atomic E-state index is 14.7. The molecule has 0 radical (unpaired) electrons. The number of benzene rings is 1. The van der Waals surface area contributed by atoms with Crippen molar-refractivity contribution < 1.29 is 13.9 Å². The summed E-state index contributed by atoms with van der Waals surface area (Å²) in [6, 6.07) is 3.34. The lowest BCUT2D eigenvalue weighted by Crippen LogP contribution is -2.42. The number of nitrogens with two attached hydrogens (primary N) is 1. The van der Waals surface area contributed by atoms with E-state index in [-0.39, 0.29) is 23.7 Å². The summed E-state index contributed by atoms with van der Waals surface area (Å²) in [6.07, 6.45) is 9.61. The molecule has 3 nitrogen and oxygen atoms in total. The molecule has 0 aromatic heterocycles. The van der Waals surface area contributed by atoms with Gasteiger partial charge in [0.2, 0.25) is 0 Å². The molecule has 4 heteroatoms. The van der Waals surface area contributed by atoms with Crippen LogP contribution in [-0.4, -0.2) is 12.0 Å². The number of unbranched alkanes of at least 4 members (excludes halogenated alkanes) is 2. The summed E-state index contributed by atoms with van der Waals surface area (Å²) < 4.78 is 20.1. The predicted molar refractivity (Wildman–Crippen MR) is 97.2 cm³/mol. The van der Waals surface area contributed by atoms with E-state index in [1.54, 1.807) is 0 Å². The van der Waals surface area contributed by atoms with Crippen LogP contribution in [0.1, 0.15) is 81.8 Å². The lowest BCUT2D eigenvalue weighted by Gasteiger charge is -2.39. The van der Waals surface area contributed by atoms with Crippen molar-refractivity contribution in [2.45, 2.75) is 83.1 Å². The topological polar surface area (TPSA) is 52.3 Å². The van der Waals surface area contributed by atoms with Gasteiger partial charge >= 0.3 is 5.97 Å². The molecule has 2 N–H and O–H groups in total. The van der Waals surface area contributed by atoms with Crippen LogP contribution in [0.3, 0.4) is 0 Å². The smallest absolute Gasteiger partial charge is 0.311 e. The Morgan fingerprint density at radius 3 is 2.84 bits per heavy atom. The minimum atomic E-state index is -0.275. The number of esters is 1. The summed E-state index contributed by atoms with van der Waals surface area (Å²) in [7, 11) is 0. The van der Waals surface area contributed by atoms with Gasteiger partial charge in [-0.25, -0.2) is 4.39 Å². The lowest BCUT2D eigenvalue weighted by molar-refractivity contribution is -0.134. The van der Waals surface area contributed by atoms with Crippen molar-refractivity contribution >= 4 is 5.97 Å². The van der Waals surface area contributed by atoms with E-state index in [1.165, 1.54) is 18.9 Å². The van der Waals surface area contributed by atoms with Gasteiger partial charge in [-0.05, 0) is 54.7 Å². The molecule has 0 amide bonds. The number of hydrogen-bond acceptors (Lipinski definition) is 3. The van der Waals surface area contributed by atoms with E-state index in [0.717, 1.165) is 49.7 Å². The van der Waals surface area contributed by atoms with Gasteiger partial charge in [-0.2, -0.15) is 0 Å². The third-order valence-corrected chi connectivity index (χ3v) is 5.88. The van der Waals surface area contributed by atoms with Crippen LogP contribution in [0.25, 0.3) is 0 Å². The number of carbonyl (C=O) groups is 1. The normalized spacial score (nSPS) is 25.6. The van der Waals surface area contributed by atoms with Crippen LogP contribution in [0.15, 0.2) is 12.1 Å². The molecular formula is C21H30FNO2. The molecule has 0 heterocycles. The first-order valence-electron chi connectivity index (χ1n) is 9.88. The van der Waals surface area contributed by atoms with Crippen LogP contribution in [0, 0.1) is 11.7 Å². The zero-order chi connectivity index (χ0) is 17.8. The Balaban J connectivity index is 1.81. The van der Waals surface area contributed by atoms with Crippen LogP contribution in [0.4, 0.5) is 4.39 Å². The van der Waals surface area contributed by atoms with Gasteiger partial charge in [0.1, 0.15) is 11.6 Å². The highest BCUT2D eigenvalue weighted by Crippen LogP contribution is 2.43. The fourth-order valence-corrected chi connectivity index (χ4v) is 4.46. The lowest BCUT2D eigenvalue weighted by atomic mass is 9.68. The van der Waals surface area contributed by atoms with Crippen LogP contribution in [0.5, 0.6) is 5.75 Å². The van der Waals surface area contributed by atoms with Crippen molar-refractivity contribution in [2.75, 3.05) is 0 Å². The van der Waals surface area contributed by atoms with Gasteiger partial charge in [0.25, 0.3) is 0 Å². The first-order valence-corrected chi connectivity index (χ1v) is 9.88. The van der Waals surface area contributed by atoms with Gasteiger partial charge in [0.05, 0.1) is 0 Å². The largest absolute Gasteiger partial charge is 0.426 e. The molecule has 0 aliphatic heterocycles. The Labute approximate surface area is 150 Å². The molecule has 3 atom stereocenters. The van der Waals surface area contributed by atoms with Crippen molar-refractivity contribution in [3.63, 3.8) is 0 Å². The number of carbonyl (C=O) groups excluding carboxylic acids is 1. The number of halogens is 1. The number of ether oxygens (including phenoxy) is 1. The average molecular weight is 347 g/mol. The van der Waals surface area contributed by atoms with E-state index >= 15 is 0 Å². The molecule has 2 bridgehead atoms. The van der Waals surface area contributed by atoms with Crippen molar-refractivity contribution in [2.24, 2.45) is 11.7 Å². The number of fused-ring (bicyclic) bond motifs is 4. The Bertz CT molecular complexity index is 616. The molecule has 3 unspecified atom stereocenters. The van der Waals surface area contributed by atoms with Crippen LogP contribution in [-0.2, 0) is 11.2 Å². The summed E-state index contributed by atoms with van der Waals surface area (Å²) in [5.41, 5.74) is 8.29. The molecule has 3 rings (SSSR count). The van der Waals surface area contributed by atoms with E-state index in [4.69, 9.17) is 10.5 Å². The molecule has 0 saturated heterocycles. The van der Waals surface area contributed by atoms with Crippen LogP contribution >= 0.6 is 0 Å². The molecule has 1 aromatic rings. The van der Waals surface area contributed by atoms with E-state index in [9.17, 15) is 9.18 Å². The van der Waals surface area contributed by atoms with Gasteiger partial charge in [-0.1, -0.05) is 39.0 Å². The molecule has 138 valence electrons. The molecule has 1 aromatic carbocycles.